The fraction of sp³-hybridized carbons (Fsp3) is 0.486. The summed E-state index contributed by atoms with van der Waals surface area (Å²) in [5, 5.41) is 4.41. The molecule has 4 aromatic rings. The Hall–Kier alpha value is -3.36. The normalized spacial score (nSPS) is 14.0. The third kappa shape index (κ3) is 7.78. The number of pyridine rings is 1. The van der Waals surface area contributed by atoms with E-state index in [4.69, 9.17) is 4.74 Å². The van der Waals surface area contributed by atoms with Gasteiger partial charge < -0.3 is 14.5 Å². The van der Waals surface area contributed by atoms with Crippen LogP contribution in [0.2, 0.25) is 0 Å². The molecule has 7 nitrogen and oxygen atoms in total. The van der Waals surface area contributed by atoms with Crippen molar-refractivity contribution in [1.82, 2.24) is 14.4 Å². The minimum Gasteiger partial charge on any atom is -0.494 e. The minimum absolute atomic E-state index is 0.232. The molecule has 0 saturated carbocycles. The number of hydrogen-bond donors (Lipinski definition) is 0. The summed E-state index contributed by atoms with van der Waals surface area (Å²) < 4.78 is 8.82. The second-order valence-corrected chi connectivity index (χ2v) is 12.5. The second kappa shape index (κ2) is 15.4. The summed E-state index contributed by atoms with van der Waals surface area (Å²) >= 11 is 1.81. The maximum Gasteiger partial charge on any atom is 0.331 e. The van der Waals surface area contributed by atoms with Gasteiger partial charge in [-0.3, -0.25) is 9.69 Å². The van der Waals surface area contributed by atoms with E-state index in [1.165, 1.54) is 26.4 Å². The van der Waals surface area contributed by atoms with Crippen molar-refractivity contribution >= 4 is 44.0 Å². The molecule has 0 bridgehead atoms. The molecular formula is C35H46N4O3S. The van der Waals surface area contributed by atoms with Gasteiger partial charge in [0.15, 0.2) is 0 Å². The van der Waals surface area contributed by atoms with E-state index in [-0.39, 0.29) is 11.6 Å². The Morgan fingerprint density at radius 3 is 2.49 bits per heavy atom. The summed E-state index contributed by atoms with van der Waals surface area (Å²) in [5.74, 6) is 0.696. The zero-order valence-electron chi connectivity index (χ0n) is 25.8. The largest absolute Gasteiger partial charge is 0.494 e. The van der Waals surface area contributed by atoms with Gasteiger partial charge in [-0.2, -0.15) is 0 Å². The molecule has 2 aromatic heterocycles. The maximum absolute atomic E-state index is 13.6. The van der Waals surface area contributed by atoms with Crippen molar-refractivity contribution in [3.8, 4) is 5.75 Å². The number of carbonyl (C=O) groups excluding carboxylic acids is 1. The molecule has 1 amide bonds. The highest BCUT2D eigenvalue weighted by Gasteiger charge is 2.20. The van der Waals surface area contributed by atoms with Crippen LogP contribution >= 0.6 is 11.3 Å². The first-order chi connectivity index (χ1) is 21.1. The number of unbranched alkanes of at least 4 members (excludes halogenated alkanes) is 4. The van der Waals surface area contributed by atoms with Crippen molar-refractivity contribution in [2.24, 2.45) is 0 Å². The van der Waals surface area contributed by atoms with Gasteiger partial charge in [-0.15, -0.1) is 11.3 Å². The number of anilines is 1. The van der Waals surface area contributed by atoms with E-state index in [0.717, 1.165) is 83.1 Å². The molecule has 1 aliphatic heterocycles. The number of carbonyl (C=O) groups is 1. The maximum atomic E-state index is 13.6. The lowest BCUT2D eigenvalue weighted by atomic mass is 10.2. The van der Waals surface area contributed by atoms with E-state index in [1.807, 2.05) is 34.4 Å². The molecule has 0 unspecified atom stereocenters. The average Bonchev–Trinajstić information content (AvgIpc) is 3.52. The van der Waals surface area contributed by atoms with Gasteiger partial charge in [-0.1, -0.05) is 39.2 Å². The summed E-state index contributed by atoms with van der Waals surface area (Å²) in [4.78, 5) is 33.5. The molecule has 1 saturated heterocycles. The predicted molar refractivity (Wildman–Crippen MR) is 180 cm³/mol. The van der Waals surface area contributed by atoms with E-state index in [2.05, 4.69) is 53.3 Å². The molecule has 1 aliphatic rings. The van der Waals surface area contributed by atoms with E-state index in [9.17, 15) is 9.59 Å². The summed E-state index contributed by atoms with van der Waals surface area (Å²) in [6.45, 7) is 11.5. The van der Waals surface area contributed by atoms with Gasteiger partial charge in [0, 0.05) is 67.2 Å². The molecule has 0 radical (unpaired) electrons. The first-order valence-electron chi connectivity index (χ1n) is 16.1. The van der Waals surface area contributed by atoms with Crippen molar-refractivity contribution in [2.75, 3.05) is 57.3 Å². The van der Waals surface area contributed by atoms with Gasteiger partial charge in [-0.05, 0) is 79.4 Å². The van der Waals surface area contributed by atoms with Crippen LogP contribution in [-0.2, 0) is 0 Å². The van der Waals surface area contributed by atoms with Gasteiger partial charge in [-0.25, -0.2) is 9.36 Å². The number of hydrogen-bond acceptors (Lipinski definition) is 6. The van der Waals surface area contributed by atoms with Crippen LogP contribution < -0.4 is 15.2 Å². The first-order valence-corrected chi connectivity index (χ1v) is 17.0. The van der Waals surface area contributed by atoms with E-state index < -0.39 is 0 Å². The van der Waals surface area contributed by atoms with Crippen LogP contribution in [-0.4, -0.2) is 72.8 Å². The van der Waals surface area contributed by atoms with Gasteiger partial charge in [0.1, 0.15) is 5.75 Å². The van der Waals surface area contributed by atoms with E-state index in [0.29, 0.717) is 31.0 Å². The Bertz CT molecular complexity index is 1540. The third-order valence-electron chi connectivity index (χ3n) is 8.47. The molecular weight excluding hydrogens is 556 g/mol. The molecule has 0 spiro atoms. The van der Waals surface area contributed by atoms with Crippen LogP contribution in [0.15, 0.2) is 64.8 Å². The smallest absolute Gasteiger partial charge is 0.331 e. The van der Waals surface area contributed by atoms with Crippen LogP contribution in [0.4, 0.5) is 10.5 Å². The third-order valence-corrected chi connectivity index (χ3v) is 9.35. The highest BCUT2D eigenvalue weighted by atomic mass is 32.1. The number of amides is 1. The van der Waals surface area contributed by atoms with Crippen molar-refractivity contribution in [3.63, 3.8) is 0 Å². The second-order valence-electron chi connectivity index (χ2n) is 11.6. The highest BCUT2D eigenvalue weighted by molar-refractivity contribution is 7.17. The topological polar surface area (TPSA) is 58.0 Å². The Balaban J connectivity index is 1.13. The van der Waals surface area contributed by atoms with Crippen LogP contribution in [0.3, 0.4) is 0 Å². The van der Waals surface area contributed by atoms with Crippen molar-refractivity contribution in [3.05, 3.63) is 70.3 Å². The number of fused-ring (bicyclic) bond motifs is 2. The Morgan fingerprint density at radius 1 is 0.884 bits per heavy atom. The molecule has 0 atom stereocenters. The van der Waals surface area contributed by atoms with Gasteiger partial charge >= 0.3 is 6.03 Å². The lowest BCUT2D eigenvalue weighted by Crippen LogP contribution is -2.46. The number of benzene rings is 2. The minimum atomic E-state index is -0.293. The number of rotatable bonds is 14. The predicted octanol–water partition coefficient (Wildman–Crippen LogP) is 7.46. The molecule has 2 aromatic carbocycles. The monoisotopic (exact) mass is 602 g/mol. The summed E-state index contributed by atoms with van der Waals surface area (Å²) in [6, 6.07) is 17.6. The SMILES string of the molecule is CCCCCN(CCCC)C(=O)n1c(=O)ccc2ccc(OCCCCN3CCN(c4cccc5sccc45)CC3)cc21. The van der Waals surface area contributed by atoms with Crippen molar-refractivity contribution in [1.29, 1.82) is 0 Å². The quantitative estimate of drug-likeness (QED) is 0.140. The number of piperazine rings is 1. The molecule has 1 fully saturated rings. The first kappa shape index (κ1) is 31.1. The van der Waals surface area contributed by atoms with Crippen molar-refractivity contribution < 1.29 is 9.53 Å². The Morgan fingerprint density at radius 2 is 1.67 bits per heavy atom. The summed E-state index contributed by atoms with van der Waals surface area (Å²) in [5.41, 5.74) is 1.68. The van der Waals surface area contributed by atoms with Crippen LogP contribution in [0.1, 0.15) is 58.8 Å². The van der Waals surface area contributed by atoms with Gasteiger partial charge in [0.25, 0.3) is 5.56 Å². The zero-order valence-corrected chi connectivity index (χ0v) is 26.6. The van der Waals surface area contributed by atoms with Gasteiger partial charge in [0.05, 0.1) is 12.1 Å². The molecule has 0 aliphatic carbocycles. The number of nitrogens with zero attached hydrogens (tertiary/aromatic N) is 4. The molecule has 8 heteroatoms. The number of ether oxygens (including phenoxy) is 1. The summed E-state index contributed by atoms with van der Waals surface area (Å²) in [7, 11) is 0. The number of aromatic nitrogens is 1. The molecule has 3 heterocycles. The summed E-state index contributed by atoms with van der Waals surface area (Å²) in [6.07, 6.45) is 7.06. The van der Waals surface area contributed by atoms with Crippen LogP contribution in [0.5, 0.6) is 5.75 Å². The molecule has 230 valence electrons. The fourth-order valence-corrected chi connectivity index (χ4v) is 6.75. The lowest BCUT2D eigenvalue weighted by molar-refractivity contribution is 0.197. The average molecular weight is 603 g/mol. The van der Waals surface area contributed by atoms with Gasteiger partial charge in [0.2, 0.25) is 0 Å². The fourth-order valence-electron chi connectivity index (χ4n) is 5.94. The molecule has 5 rings (SSSR count). The zero-order chi connectivity index (χ0) is 30.0. The Kier molecular flexibility index (Phi) is 11.1. The molecule has 43 heavy (non-hydrogen) atoms. The van der Waals surface area contributed by atoms with Crippen LogP contribution in [0, 0.1) is 0 Å². The van der Waals surface area contributed by atoms with Crippen LogP contribution in [0.25, 0.3) is 21.0 Å². The lowest BCUT2D eigenvalue weighted by Gasteiger charge is -2.36. The van der Waals surface area contributed by atoms with Crippen molar-refractivity contribution in [2.45, 2.75) is 58.8 Å². The standard InChI is InChI=1S/C35H46N4O3S/c1-3-5-7-20-38(19-6-4-2)35(41)39-32-27-29(15-13-28(32)14-16-34(39)40)42-25-9-8-18-36-21-23-37(24-22-36)31-11-10-12-33-30(31)17-26-43-33/h10-17,26-27H,3-9,18-25H2,1-2H3. The van der Waals surface area contributed by atoms with E-state index in [1.54, 1.807) is 6.07 Å². The Labute approximate surface area is 259 Å². The number of thiophene rings is 1. The highest BCUT2D eigenvalue weighted by Crippen LogP contribution is 2.31. The van der Waals surface area contributed by atoms with E-state index >= 15 is 0 Å². The molecule has 0 N–H and O–H groups in total.